The number of carbonyl (C=O) groups is 4. The maximum Gasteiger partial charge on any atom is 0.329 e. The number of aromatic carboxylic acids is 1. The predicted octanol–water partition coefficient (Wildman–Crippen LogP) is 2.95. The molecule has 0 aliphatic carbocycles. The molecule has 2 heterocycles. The summed E-state index contributed by atoms with van der Waals surface area (Å²) in [5.74, 6) is -2.01. The van der Waals surface area contributed by atoms with E-state index in [0.717, 1.165) is 4.90 Å². The number of carbonyl (C=O) groups excluding carboxylic acids is 4. The molecule has 0 radical (unpaired) electrons. The van der Waals surface area contributed by atoms with Gasteiger partial charge in [0, 0.05) is 17.2 Å². The van der Waals surface area contributed by atoms with Gasteiger partial charge < -0.3 is 19.1 Å². The van der Waals surface area contributed by atoms with Crippen LogP contribution in [0.2, 0.25) is 5.02 Å². The molecule has 1 saturated heterocycles. The average Bonchev–Trinajstić information content (AvgIpc) is 3.26. The maximum absolute atomic E-state index is 12.6. The SMILES string of the molecule is CCOC(=O)[C@H](C)N1C(=O)S/C(=C/c2ccc(-c3ccc(C(=O)[O-])c(Cl)c3)o2)C1=O. The predicted molar refractivity (Wildman–Crippen MR) is 107 cm³/mol. The van der Waals surface area contributed by atoms with Gasteiger partial charge in [-0.1, -0.05) is 23.7 Å². The van der Waals surface area contributed by atoms with Crippen molar-refractivity contribution in [2.75, 3.05) is 6.61 Å². The molecule has 156 valence electrons. The first kappa shape index (κ1) is 21.7. The van der Waals surface area contributed by atoms with Crippen molar-refractivity contribution in [3.05, 3.63) is 51.6 Å². The highest BCUT2D eigenvalue weighted by Crippen LogP contribution is 2.35. The molecular formula is C20H15ClNO7S-. The summed E-state index contributed by atoms with van der Waals surface area (Å²) in [5.41, 5.74) is 0.380. The van der Waals surface area contributed by atoms with Crippen LogP contribution in [0.5, 0.6) is 0 Å². The second-order valence-corrected chi connectivity index (χ2v) is 7.56. The van der Waals surface area contributed by atoms with E-state index < -0.39 is 29.1 Å². The Hall–Kier alpha value is -3.04. The van der Waals surface area contributed by atoms with Gasteiger partial charge in [-0.3, -0.25) is 14.5 Å². The van der Waals surface area contributed by atoms with E-state index in [0.29, 0.717) is 28.8 Å². The van der Waals surface area contributed by atoms with Gasteiger partial charge in [-0.25, -0.2) is 4.79 Å². The molecule has 2 amide bonds. The number of halogens is 1. The van der Waals surface area contributed by atoms with E-state index in [1.807, 2.05) is 0 Å². The molecule has 1 aliphatic rings. The van der Waals surface area contributed by atoms with Gasteiger partial charge in [0.15, 0.2) is 0 Å². The number of esters is 1. The standard InChI is InChI=1S/C20H16ClNO7S/c1-3-28-19(26)10(2)22-17(23)16(30-20(22)27)9-12-5-7-15(29-12)11-4-6-13(18(24)25)14(21)8-11/h4-10H,3H2,1-2H3,(H,24,25)/p-1/b16-9+/t10-/m0/s1. The van der Waals surface area contributed by atoms with Crippen LogP contribution in [-0.4, -0.2) is 40.6 Å². The molecule has 8 nitrogen and oxygen atoms in total. The van der Waals surface area contributed by atoms with Crippen molar-refractivity contribution in [2.24, 2.45) is 0 Å². The molecule has 1 fully saturated rings. The topological polar surface area (TPSA) is 117 Å². The first-order chi connectivity index (χ1) is 14.2. The minimum absolute atomic E-state index is 0.000442. The lowest BCUT2D eigenvalue weighted by molar-refractivity contribution is -0.255. The van der Waals surface area contributed by atoms with Crippen molar-refractivity contribution in [3.8, 4) is 11.3 Å². The molecule has 0 spiro atoms. The van der Waals surface area contributed by atoms with E-state index in [1.54, 1.807) is 19.1 Å². The fourth-order valence-corrected chi connectivity index (χ4v) is 3.88. The zero-order valence-electron chi connectivity index (χ0n) is 15.8. The van der Waals surface area contributed by atoms with E-state index in [2.05, 4.69) is 0 Å². The van der Waals surface area contributed by atoms with Crippen molar-refractivity contribution in [1.82, 2.24) is 4.90 Å². The molecule has 1 aromatic heterocycles. The van der Waals surface area contributed by atoms with Gasteiger partial charge in [0.1, 0.15) is 17.6 Å². The number of hydrogen-bond acceptors (Lipinski definition) is 8. The van der Waals surface area contributed by atoms with E-state index in [9.17, 15) is 24.3 Å². The summed E-state index contributed by atoms with van der Waals surface area (Å²) >= 11 is 6.63. The van der Waals surface area contributed by atoms with Gasteiger partial charge in [0.25, 0.3) is 11.1 Å². The van der Waals surface area contributed by atoms with Crippen molar-refractivity contribution >= 4 is 52.5 Å². The highest BCUT2D eigenvalue weighted by atomic mass is 35.5. The highest BCUT2D eigenvalue weighted by molar-refractivity contribution is 8.18. The third-order valence-electron chi connectivity index (χ3n) is 4.21. The molecule has 3 rings (SSSR count). The Bertz CT molecular complexity index is 1070. The number of ether oxygens (including phenoxy) is 1. The number of carboxylic acids is 1. The van der Waals surface area contributed by atoms with Crippen LogP contribution in [0.25, 0.3) is 17.4 Å². The van der Waals surface area contributed by atoms with Crippen molar-refractivity contribution in [2.45, 2.75) is 19.9 Å². The van der Waals surface area contributed by atoms with Crippen molar-refractivity contribution in [3.63, 3.8) is 0 Å². The first-order valence-electron chi connectivity index (χ1n) is 8.77. The second-order valence-electron chi connectivity index (χ2n) is 6.16. The maximum atomic E-state index is 12.6. The van der Waals surface area contributed by atoms with Crippen LogP contribution in [0.1, 0.15) is 30.0 Å². The fourth-order valence-electron chi connectivity index (χ4n) is 2.73. The Balaban J connectivity index is 1.82. The minimum Gasteiger partial charge on any atom is -0.545 e. The second kappa shape index (κ2) is 8.76. The Kier molecular flexibility index (Phi) is 6.33. The first-order valence-corrected chi connectivity index (χ1v) is 9.97. The molecule has 1 aromatic carbocycles. The number of carboxylic acid groups (broad SMARTS) is 1. The smallest absolute Gasteiger partial charge is 0.329 e. The summed E-state index contributed by atoms with van der Waals surface area (Å²) in [5, 5.41) is 10.4. The van der Waals surface area contributed by atoms with Crippen LogP contribution in [0, 0.1) is 0 Å². The van der Waals surface area contributed by atoms with Crippen LogP contribution in [0.3, 0.4) is 0 Å². The van der Waals surface area contributed by atoms with E-state index >= 15 is 0 Å². The Labute approximate surface area is 180 Å². The van der Waals surface area contributed by atoms with E-state index in [-0.39, 0.29) is 22.1 Å². The van der Waals surface area contributed by atoms with Crippen LogP contribution >= 0.6 is 23.4 Å². The Morgan fingerprint density at radius 2 is 2.03 bits per heavy atom. The molecule has 0 N–H and O–H groups in total. The molecule has 0 saturated carbocycles. The third-order valence-corrected chi connectivity index (χ3v) is 5.41. The monoisotopic (exact) mass is 448 g/mol. The number of rotatable bonds is 6. The largest absolute Gasteiger partial charge is 0.545 e. The molecule has 2 aromatic rings. The molecule has 0 bridgehead atoms. The average molecular weight is 449 g/mol. The van der Waals surface area contributed by atoms with Crippen molar-refractivity contribution in [1.29, 1.82) is 0 Å². The van der Waals surface area contributed by atoms with Gasteiger partial charge in [-0.05, 0) is 43.8 Å². The summed E-state index contributed by atoms with van der Waals surface area (Å²) < 4.78 is 10.5. The molecule has 1 aliphatic heterocycles. The lowest BCUT2D eigenvalue weighted by Crippen LogP contribution is -2.42. The molecule has 10 heteroatoms. The third kappa shape index (κ3) is 4.27. The lowest BCUT2D eigenvalue weighted by Gasteiger charge is -2.19. The number of furan rings is 1. The van der Waals surface area contributed by atoms with Crippen LogP contribution in [-0.2, 0) is 14.3 Å². The number of nitrogens with zero attached hydrogens (tertiary/aromatic N) is 1. The van der Waals surface area contributed by atoms with Crippen LogP contribution in [0.4, 0.5) is 4.79 Å². The number of amides is 2. The Morgan fingerprint density at radius 3 is 2.67 bits per heavy atom. The highest BCUT2D eigenvalue weighted by Gasteiger charge is 2.41. The number of imide groups is 1. The minimum atomic E-state index is -1.39. The van der Waals surface area contributed by atoms with Gasteiger partial charge in [0.2, 0.25) is 0 Å². The van der Waals surface area contributed by atoms with E-state index in [4.69, 9.17) is 20.8 Å². The summed E-state index contributed by atoms with van der Waals surface area (Å²) in [6.07, 6.45) is 1.39. The quantitative estimate of drug-likeness (QED) is 0.489. The zero-order chi connectivity index (χ0) is 22.0. The lowest BCUT2D eigenvalue weighted by atomic mass is 10.1. The summed E-state index contributed by atoms with van der Waals surface area (Å²) in [4.78, 5) is 48.6. The molecule has 1 atom stereocenters. The molecule has 0 unspecified atom stereocenters. The fraction of sp³-hybridized carbons (Fsp3) is 0.200. The molecular weight excluding hydrogens is 434 g/mol. The van der Waals surface area contributed by atoms with Gasteiger partial charge in [0.05, 0.1) is 22.5 Å². The summed E-state index contributed by atoms with van der Waals surface area (Å²) in [6, 6.07) is 6.39. The summed E-state index contributed by atoms with van der Waals surface area (Å²) in [7, 11) is 0. The Morgan fingerprint density at radius 1 is 1.30 bits per heavy atom. The van der Waals surface area contributed by atoms with Gasteiger partial charge in [-0.15, -0.1) is 0 Å². The summed E-state index contributed by atoms with van der Waals surface area (Å²) in [6.45, 7) is 3.19. The van der Waals surface area contributed by atoms with Gasteiger partial charge >= 0.3 is 5.97 Å². The molecule has 30 heavy (non-hydrogen) atoms. The normalized spacial score (nSPS) is 16.2. The number of benzene rings is 1. The van der Waals surface area contributed by atoms with Gasteiger partial charge in [-0.2, -0.15) is 0 Å². The van der Waals surface area contributed by atoms with Crippen LogP contribution < -0.4 is 5.11 Å². The van der Waals surface area contributed by atoms with E-state index in [1.165, 1.54) is 31.2 Å². The van der Waals surface area contributed by atoms with Crippen molar-refractivity contribution < 1.29 is 33.4 Å². The number of thioether (sulfide) groups is 1. The van der Waals surface area contributed by atoms with Crippen LogP contribution in [0.15, 0.2) is 39.7 Å². The zero-order valence-corrected chi connectivity index (χ0v) is 17.4. The number of hydrogen-bond donors (Lipinski definition) is 0.